The van der Waals surface area contributed by atoms with Crippen LogP contribution in [0.2, 0.25) is 0 Å². The van der Waals surface area contributed by atoms with E-state index in [2.05, 4.69) is 0 Å². The number of rotatable bonds is 3. The van der Waals surface area contributed by atoms with Gasteiger partial charge in [0.2, 0.25) is 0 Å². The molecule has 1 rings (SSSR count). The average Bonchev–Trinajstić information content (AvgIpc) is 2.03. The van der Waals surface area contributed by atoms with Gasteiger partial charge in [-0.15, -0.1) is 0 Å². The standard InChI is InChI=1S/C10H14O2S/c1-9(8-13(2,11)12)10-6-4-3-5-7-10/h3-7,9H,8H2,1-2H3/t9-/m1/s1. The van der Waals surface area contributed by atoms with E-state index in [4.69, 9.17) is 0 Å². The van der Waals surface area contributed by atoms with Crippen molar-refractivity contribution in [2.45, 2.75) is 12.8 Å². The van der Waals surface area contributed by atoms with Gasteiger partial charge in [-0.05, 0) is 11.5 Å². The number of hydrogen-bond donors (Lipinski definition) is 0. The maximum atomic E-state index is 11.0. The third-order valence-corrected chi connectivity index (χ3v) is 3.03. The van der Waals surface area contributed by atoms with Crippen molar-refractivity contribution in [2.75, 3.05) is 12.0 Å². The van der Waals surface area contributed by atoms with E-state index in [1.807, 2.05) is 37.3 Å². The zero-order valence-corrected chi connectivity index (χ0v) is 8.71. The molecule has 0 N–H and O–H groups in total. The smallest absolute Gasteiger partial charge is 0.148 e. The lowest BCUT2D eigenvalue weighted by molar-refractivity contribution is 0.596. The van der Waals surface area contributed by atoms with Crippen molar-refractivity contribution in [1.29, 1.82) is 0 Å². The van der Waals surface area contributed by atoms with E-state index >= 15 is 0 Å². The van der Waals surface area contributed by atoms with Crippen LogP contribution in [0.25, 0.3) is 0 Å². The topological polar surface area (TPSA) is 34.1 Å². The molecule has 1 aromatic carbocycles. The molecular weight excluding hydrogens is 184 g/mol. The predicted octanol–water partition coefficient (Wildman–Crippen LogP) is 1.83. The molecule has 2 nitrogen and oxygen atoms in total. The molecule has 0 aliphatic carbocycles. The van der Waals surface area contributed by atoms with Crippen molar-refractivity contribution in [1.82, 2.24) is 0 Å². The van der Waals surface area contributed by atoms with E-state index < -0.39 is 9.84 Å². The lowest BCUT2D eigenvalue weighted by Gasteiger charge is -2.09. The Balaban J connectivity index is 2.76. The summed E-state index contributed by atoms with van der Waals surface area (Å²) in [5, 5.41) is 0. The van der Waals surface area contributed by atoms with Gasteiger partial charge >= 0.3 is 0 Å². The molecule has 0 saturated heterocycles. The highest BCUT2D eigenvalue weighted by atomic mass is 32.2. The van der Waals surface area contributed by atoms with E-state index in [1.165, 1.54) is 6.26 Å². The van der Waals surface area contributed by atoms with Gasteiger partial charge in [-0.1, -0.05) is 37.3 Å². The largest absolute Gasteiger partial charge is 0.229 e. The van der Waals surface area contributed by atoms with Crippen LogP contribution in [0.15, 0.2) is 30.3 Å². The molecule has 0 aromatic heterocycles. The summed E-state index contributed by atoms with van der Waals surface area (Å²) < 4.78 is 22.0. The second-order valence-electron chi connectivity index (χ2n) is 3.40. The zero-order valence-electron chi connectivity index (χ0n) is 7.90. The van der Waals surface area contributed by atoms with Gasteiger partial charge in [0.05, 0.1) is 5.75 Å². The Labute approximate surface area is 79.5 Å². The summed E-state index contributed by atoms with van der Waals surface area (Å²) in [7, 11) is -2.87. The second-order valence-corrected chi connectivity index (χ2v) is 5.59. The number of benzene rings is 1. The van der Waals surface area contributed by atoms with Crippen LogP contribution in [0.5, 0.6) is 0 Å². The molecule has 13 heavy (non-hydrogen) atoms. The van der Waals surface area contributed by atoms with Crippen LogP contribution in [0, 0.1) is 0 Å². The van der Waals surface area contributed by atoms with Gasteiger partial charge in [0, 0.05) is 6.26 Å². The van der Waals surface area contributed by atoms with Crippen LogP contribution in [0.1, 0.15) is 18.4 Å². The summed E-state index contributed by atoms with van der Waals surface area (Å²) in [6.07, 6.45) is 1.27. The van der Waals surface area contributed by atoms with Crippen LogP contribution >= 0.6 is 0 Å². The molecule has 72 valence electrons. The lowest BCUT2D eigenvalue weighted by atomic mass is 10.0. The Bertz CT molecular complexity index is 354. The first-order chi connectivity index (χ1) is 5.99. The SMILES string of the molecule is C[C@H](CS(C)(=O)=O)c1ccccc1. The maximum Gasteiger partial charge on any atom is 0.148 e. The summed E-state index contributed by atoms with van der Waals surface area (Å²) in [6, 6.07) is 9.69. The Kier molecular flexibility index (Phi) is 3.09. The highest BCUT2D eigenvalue weighted by Crippen LogP contribution is 2.15. The molecule has 0 aliphatic heterocycles. The summed E-state index contributed by atoms with van der Waals surface area (Å²) in [5.41, 5.74) is 1.08. The molecule has 1 atom stereocenters. The van der Waals surface area contributed by atoms with Gasteiger partial charge in [-0.2, -0.15) is 0 Å². The molecular formula is C10H14O2S. The van der Waals surface area contributed by atoms with Gasteiger partial charge in [0.25, 0.3) is 0 Å². The van der Waals surface area contributed by atoms with Crippen molar-refractivity contribution >= 4 is 9.84 Å². The van der Waals surface area contributed by atoms with Gasteiger partial charge < -0.3 is 0 Å². The molecule has 1 aromatic rings. The third kappa shape index (κ3) is 3.59. The monoisotopic (exact) mass is 198 g/mol. The van der Waals surface area contributed by atoms with Gasteiger partial charge in [0.15, 0.2) is 0 Å². The van der Waals surface area contributed by atoms with Crippen molar-refractivity contribution in [2.24, 2.45) is 0 Å². The van der Waals surface area contributed by atoms with Crippen molar-refractivity contribution in [3.05, 3.63) is 35.9 Å². The highest BCUT2D eigenvalue weighted by Gasteiger charge is 2.11. The molecule has 0 saturated carbocycles. The van der Waals surface area contributed by atoms with Crippen molar-refractivity contribution in [3.8, 4) is 0 Å². The zero-order chi connectivity index (χ0) is 9.90. The second kappa shape index (κ2) is 3.92. The normalized spacial score (nSPS) is 14.0. The quantitative estimate of drug-likeness (QED) is 0.742. The Hall–Kier alpha value is -0.830. The first kappa shape index (κ1) is 10.3. The van der Waals surface area contributed by atoms with E-state index in [9.17, 15) is 8.42 Å². The van der Waals surface area contributed by atoms with Crippen LogP contribution < -0.4 is 0 Å². The van der Waals surface area contributed by atoms with E-state index in [0.29, 0.717) is 0 Å². The van der Waals surface area contributed by atoms with E-state index in [1.54, 1.807) is 0 Å². The average molecular weight is 198 g/mol. The minimum atomic E-state index is -2.87. The fraction of sp³-hybridized carbons (Fsp3) is 0.400. The first-order valence-electron chi connectivity index (χ1n) is 4.22. The summed E-state index contributed by atoms with van der Waals surface area (Å²) in [6.45, 7) is 1.93. The van der Waals surface area contributed by atoms with Gasteiger partial charge in [0.1, 0.15) is 9.84 Å². The van der Waals surface area contributed by atoms with Gasteiger partial charge in [-0.25, -0.2) is 8.42 Å². The third-order valence-electron chi connectivity index (χ3n) is 1.92. The number of sulfone groups is 1. The predicted molar refractivity (Wildman–Crippen MR) is 54.6 cm³/mol. The lowest BCUT2D eigenvalue weighted by Crippen LogP contribution is -2.10. The van der Waals surface area contributed by atoms with Crippen LogP contribution in [-0.4, -0.2) is 20.4 Å². The minimum absolute atomic E-state index is 0.0798. The Morgan fingerprint density at radius 2 is 1.77 bits per heavy atom. The van der Waals surface area contributed by atoms with E-state index in [0.717, 1.165) is 5.56 Å². The van der Waals surface area contributed by atoms with Crippen LogP contribution in [0.3, 0.4) is 0 Å². The number of hydrogen-bond acceptors (Lipinski definition) is 2. The summed E-state index contributed by atoms with van der Waals surface area (Å²) in [4.78, 5) is 0. The first-order valence-corrected chi connectivity index (χ1v) is 6.28. The molecule has 0 unspecified atom stereocenters. The molecule has 0 amide bonds. The highest BCUT2D eigenvalue weighted by molar-refractivity contribution is 7.90. The van der Waals surface area contributed by atoms with Gasteiger partial charge in [-0.3, -0.25) is 0 Å². The molecule has 0 spiro atoms. The Morgan fingerprint density at radius 3 is 2.23 bits per heavy atom. The minimum Gasteiger partial charge on any atom is -0.229 e. The van der Waals surface area contributed by atoms with Crippen molar-refractivity contribution < 1.29 is 8.42 Å². The summed E-state index contributed by atoms with van der Waals surface area (Å²) in [5.74, 6) is 0.299. The van der Waals surface area contributed by atoms with Crippen LogP contribution in [0.4, 0.5) is 0 Å². The molecule has 0 heterocycles. The van der Waals surface area contributed by atoms with Crippen LogP contribution in [-0.2, 0) is 9.84 Å². The molecule has 3 heteroatoms. The summed E-state index contributed by atoms with van der Waals surface area (Å²) >= 11 is 0. The molecule has 0 bridgehead atoms. The van der Waals surface area contributed by atoms with Crippen molar-refractivity contribution in [3.63, 3.8) is 0 Å². The Morgan fingerprint density at radius 1 is 1.23 bits per heavy atom. The fourth-order valence-corrected chi connectivity index (χ4v) is 2.43. The van der Waals surface area contributed by atoms with E-state index in [-0.39, 0.29) is 11.7 Å². The molecule has 0 aliphatic rings. The fourth-order valence-electron chi connectivity index (χ4n) is 1.33. The molecule has 0 fully saturated rings. The maximum absolute atomic E-state index is 11.0. The molecule has 0 radical (unpaired) electrons.